The van der Waals surface area contributed by atoms with Gasteiger partial charge in [0.05, 0.1) is 0 Å². The Morgan fingerprint density at radius 1 is 0.625 bits per heavy atom. The highest BCUT2D eigenvalue weighted by molar-refractivity contribution is 7.96. The van der Waals surface area contributed by atoms with E-state index >= 15 is 0 Å². The second kappa shape index (κ2) is 14.7. The van der Waals surface area contributed by atoms with Gasteiger partial charge in [0, 0.05) is 10.9 Å². The van der Waals surface area contributed by atoms with E-state index in [4.69, 9.17) is 0 Å². The van der Waals surface area contributed by atoms with Gasteiger partial charge in [-0.1, -0.05) is 65.2 Å². The SMILES string of the molecule is CCCCCCCC[S+](CCCCCCCC)c1ccc(O)cc1. The van der Waals surface area contributed by atoms with Crippen LogP contribution in [0.5, 0.6) is 5.75 Å². The van der Waals surface area contributed by atoms with Crippen LogP contribution in [0.3, 0.4) is 0 Å². The van der Waals surface area contributed by atoms with Crippen molar-refractivity contribution in [3.63, 3.8) is 0 Å². The molecule has 0 atom stereocenters. The Morgan fingerprint density at radius 3 is 1.50 bits per heavy atom. The first-order valence-corrected chi connectivity index (χ1v) is 11.8. The molecule has 1 rings (SSSR count). The van der Waals surface area contributed by atoms with E-state index < -0.39 is 0 Å². The summed E-state index contributed by atoms with van der Waals surface area (Å²) in [7, 11) is 0.378. The first kappa shape index (κ1) is 21.4. The summed E-state index contributed by atoms with van der Waals surface area (Å²) in [5, 5.41) is 9.53. The lowest BCUT2D eigenvalue weighted by molar-refractivity contribution is 0.475. The molecule has 24 heavy (non-hydrogen) atoms. The maximum atomic E-state index is 9.53. The standard InChI is InChI=1S/C22H38OS/c1-3-5-7-9-11-13-19-24(20-14-12-10-8-6-4-2)22-17-15-21(23)16-18-22/h15-18H,3-14,19-20H2,1-2H3/p+1. The summed E-state index contributed by atoms with van der Waals surface area (Å²) in [4.78, 5) is 1.45. The van der Waals surface area contributed by atoms with Gasteiger partial charge in [-0.2, -0.15) is 0 Å². The van der Waals surface area contributed by atoms with Gasteiger partial charge < -0.3 is 5.11 Å². The van der Waals surface area contributed by atoms with Crippen LogP contribution in [-0.4, -0.2) is 16.6 Å². The maximum Gasteiger partial charge on any atom is 0.155 e. The minimum atomic E-state index is 0.378. The van der Waals surface area contributed by atoms with E-state index in [1.54, 1.807) is 0 Å². The van der Waals surface area contributed by atoms with Crippen LogP contribution in [0, 0.1) is 0 Å². The number of aromatic hydroxyl groups is 1. The first-order chi connectivity index (χ1) is 11.8. The molecule has 0 unspecified atom stereocenters. The Bertz CT molecular complexity index is 371. The summed E-state index contributed by atoms with van der Waals surface area (Å²) < 4.78 is 0. The normalized spacial score (nSPS) is 11.3. The molecular weight excluding hydrogens is 312 g/mol. The molecule has 0 aromatic heterocycles. The van der Waals surface area contributed by atoms with Crippen LogP contribution in [0.1, 0.15) is 90.9 Å². The third-order valence-corrected chi connectivity index (χ3v) is 7.16. The van der Waals surface area contributed by atoms with Gasteiger partial charge in [-0.25, -0.2) is 0 Å². The lowest BCUT2D eigenvalue weighted by Gasteiger charge is -2.09. The molecule has 0 saturated heterocycles. The molecule has 1 nitrogen and oxygen atoms in total. The van der Waals surface area contributed by atoms with E-state index in [0.717, 1.165) is 0 Å². The van der Waals surface area contributed by atoms with Crippen molar-refractivity contribution in [1.29, 1.82) is 0 Å². The molecule has 0 bridgehead atoms. The van der Waals surface area contributed by atoms with Crippen molar-refractivity contribution in [3.8, 4) is 5.75 Å². The van der Waals surface area contributed by atoms with Gasteiger partial charge in [0.25, 0.3) is 0 Å². The maximum absolute atomic E-state index is 9.53. The van der Waals surface area contributed by atoms with Gasteiger partial charge in [0.2, 0.25) is 0 Å². The molecule has 1 aromatic carbocycles. The van der Waals surface area contributed by atoms with Crippen LogP contribution in [-0.2, 0) is 10.9 Å². The van der Waals surface area contributed by atoms with Crippen molar-refractivity contribution in [3.05, 3.63) is 24.3 Å². The molecule has 138 valence electrons. The summed E-state index contributed by atoms with van der Waals surface area (Å²) in [5.41, 5.74) is 0. The third-order valence-electron chi connectivity index (χ3n) is 4.66. The second-order valence-electron chi connectivity index (χ2n) is 6.93. The number of unbranched alkanes of at least 4 members (excludes halogenated alkanes) is 10. The molecular formula is C22H39OS+. The van der Waals surface area contributed by atoms with Gasteiger partial charge >= 0.3 is 0 Å². The van der Waals surface area contributed by atoms with Gasteiger partial charge in [-0.05, 0) is 49.9 Å². The van der Waals surface area contributed by atoms with Crippen molar-refractivity contribution < 1.29 is 5.11 Å². The number of benzene rings is 1. The number of phenolic OH excluding ortho intramolecular Hbond substituents is 1. The van der Waals surface area contributed by atoms with Crippen LogP contribution in [0.2, 0.25) is 0 Å². The zero-order valence-corrected chi connectivity index (χ0v) is 16.9. The fourth-order valence-electron chi connectivity index (χ4n) is 3.09. The van der Waals surface area contributed by atoms with Crippen LogP contribution in [0.4, 0.5) is 0 Å². The summed E-state index contributed by atoms with van der Waals surface area (Å²) >= 11 is 0. The van der Waals surface area contributed by atoms with E-state index in [9.17, 15) is 5.11 Å². The van der Waals surface area contributed by atoms with Gasteiger partial charge in [-0.3, -0.25) is 0 Å². The average molecular weight is 352 g/mol. The Kier molecular flexibility index (Phi) is 13.1. The van der Waals surface area contributed by atoms with Crippen LogP contribution in [0.15, 0.2) is 29.2 Å². The van der Waals surface area contributed by atoms with Crippen molar-refractivity contribution in [2.24, 2.45) is 0 Å². The van der Waals surface area contributed by atoms with E-state index in [-0.39, 0.29) is 0 Å². The predicted octanol–water partition coefficient (Wildman–Crippen LogP) is 7.09. The summed E-state index contributed by atoms with van der Waals surface area (Å²) in [6, 6.07) is 8.01. The Morgan fingerprint density at radius 2 is 1.04 bits per heavy atom. The van der Waals surface area contributed by atoms with Gasteiger partial charge in [0.1, 0.15) is 17.3 Å². The molecule has 0 aliphatic rings. The number of rotatable bonds is 15. The lowest BCUT2D eigenvalue weighted by atomic mass is 10.1. The molecule has 1 aromatic rings. The number of hydrogen-bond donors (Lipinski definition) is 1. The van der Waals surface area contributed by atoms with Crippen molar-refractivity contribution >= 4 is 10.9 Å². The van der Waals surface area contributed by atoms with E-state index in [1.165, 1.54) is 93.5 Å². The van der Waals surface area contributed by atoms with Gasteiger partial charge in [0.15, 0.2) is 4.90 Å². The number of hydrogen-bond acceptors (Lipinski definition) is 1. The minimum absolute atomic E-state index is 0.378. The van der Waals surface area contributed by atoms with Crippen LogP contribution < -0.4 is 0 Å². The Labute approximate surface area is 153 Å². The highest BCUT2D eigenvalue weighted by Gasteiger charge is 2.20. The first-order valence-electron chi connectivity index (χ1n) is 10.2. The highest BCUT2D eigenvalue weighted by atomic mass is 32.2. The molecule has 0 radical (unpaired) electrons. The van der Waals surface area contributed by atoms with E-state index in [0.29, 0.717) is 16.6 Å². The molecule has 0 heterocycles. The molecule has 1 N–H and O–H groups in total. The smallest absolute Gasteiger partial charge is 0.155 e. The quantitative estimate of drug-likeness (QED) is 0.264. The van der Waals surface area contributed by atoms with Crippen molar-refractivity contribution in [2.75, 3.05) is 11.5 Å². The molecule has 0 spiro atoms. The molecule has 2 heteroatoms. The highest BCUT2D eigenvalue weighted by Crippen LogP contribution is 2.21. The lowest BCUT2D eigenvalue weighted by Crippen LogP contribution is -2.13. The summed E-state index contributed by atoms with van der Waals surface area (Å²) in [6.07, 6.45) is 16.6. The van der Waals surface area contributed by atoms with E-state index in [2.05, 4.69) is 26.0 Å². The molecule has 0 fully saturated rings. The average Bonchev–Trinajstić information content (AvgIpc) is 2.60. The van der Waals surface area contributed by atoms with Crippen LogP contribution >= 0.6 is 0 Å². The topological polar surface area (TPSA) is 20.2 Å². The van der Waals surface area contributed by atoms with Gasteiger partial charge in [-0.15, -0.1) is 0 Å². The van der Waals surface area contributed by atoms with Crippen molar-refractivity contribution in [1.82, 2.24) is 0 Å². The molecule has 0 saturated carbocycles. The molecule has 0 amide bonds. The zero-order valence-electron chi connectivity index (χ0n) is 16.1. The Hall–Kier alpha value is -0.630. The number of phenols is 1. The minimum Gasteiger partial charge on any atom is -0.508 e. The second-order valence-corrected chi connectivity index (χ2v) is 9.20. The fraction of sp³-hybridized carbons (Fsp3) is 0.727. The predicted molar refractivity (Wildman–Crippen MR) is 110 cm³/mol. The summed E-state index contributed by atoms with van der Waals surface area (Å²) in [5.74, 6) is 3.07. The zero-order chi connectivity index (χ0) is 17.5. The molecule has 0 aliphatic heterocycles. The summed E-state index contributed by atoms with van der Waals surface area (Å²) in [6.45, 7) is 4.56. The fourth-order valence-corrected chi connectivity index (χ4v) is 5.39. The van der Waals surface area contributed by atoms with Crippen molar-refractivity contribution in [2.45, 2.75) is 95.8 Å². The largest absolute Gasteiger partial charge is 0.508 e. The molecule has 0 aliphatic carbocycles. The Balaban J connectivity index is 2.34. The van der Waals surface area contributed by atoms with Crippen LogP contribution in [0.25, 0.3) is 0 Å². The van der Waals surface area contributed by atoms with E-state index in [1.807, 2.05) is 12.1 Å². The monoisotopic (exact) mass is 351 g/mol. The third kappa shape index (κ3) is 10.3.